The molecule has 0 radical (unpaired) electrons. The van der Waals surface area contributed by atoms with Crippen LogP contribution in [0.25, 0.3) is 0 Å². The minimum Gasteiger partial charge on any atom is -0.496 e. The van der Waals surface area contributed by atoms with Crippen LogP contribution in [0.2, 0.25) is 0 Å². The minimum atomic E-state index is 0.286. The van der Waals surface area contributed by atoms with Crippen molar-refractivity contribution in [1.82, 2.24) is 15.1 Å². The molecule has 0 saturated heterocycles. The predicted octanol–water partition coefficient (Wildman–Crippen LogP) is 3.02. The molecular formula is C17H25N3O. The Bertz CT molecular complexity index is 577. The monoisotopic (exact) mass is 287 g/mol. The number of ether oxygens (including phenoxy) is 1. The minimum absolute atomic E-state index is 0.286. The Hall–Kier alpha value is -1.81. The maximum absolute atomic E-state index is 5.45. The summed E-state index contributed by atoms with van der Waals surface area (Å²) in [6, 6.07) is 6.60. The molecule has 4 heteroatoms. The highest BCUT2D eigenvalue weighted by Gasteiger charge is 2.10. The average Bonchev–Trinajstić information content (AvgIpc) is 2.89. The lowest BCUT2D eigenvalue weighted by Crippen LogP contribution is -2.21. The summed E-state index contributed by atoms with van der Waals surface area (Å²) in [6.07, 6.45) is 6.17. The van der Waals surface area contributed by atoms with E-state index in [1.54, 1.807) is 7.11 Å². The molecule has 1 aromatic heterocycles. The number of rotatable bonds is 7. The van der Waals surface area contributed by atoms with Gasteiger partial charge in [-0.1, -0.05) is 17.7 Å². The highest BCUT2D eigenvalue weighted by Crippen LogP contribution is 2.25. The zero-order valence-electron chi connectivity index (χ0n) is 13.4. The topological polar surface area (TPSA) is 39.1 Å². The van der Waals surface area contributed by atoms with Gasteiger partial charge in [-0.3, -0.25) is 4.68 Å². The van der Waals surface area contributed by atoms with Crippen LogP contribution in [0.3, 0.4) is 0 Å². The number of hydrogen-bond donors (Lipinski definition) is 1. The van der Waals surface area contributed by atoms with E-state index in [0.29, 0.717) is 0 Å². The Morgan fingerprint density at radius 3 is 2.86 bits per heavy atom. The van der Waals surface area contributed by atoms with Gasteiger partial charge in [0.2, 0.25) is 0 Å². The van der Waals surface area contributed by atoms with Gasteiger partial charge in [0, 0.05) is 24.8 Å². The van der Waals surface area contributed by atoms with Gasteiger partial charge >= 0.3 is 0 Å². The molecule has 21 heavy (non-hydrogen) atoms. The molecule has 0 unspecified atom stereocenters. The quantitative estimate of drug-likeness (QED) is 0.796. The molecule has 0 aliphatic heterocycles. The van der Waals surface area contributed by atoms with Crippen LogP contribution >= 0.6 is 0 Å². The van der Waals surface area contributed by atoms with E-state index in [0.717, 1.165) is 25.1 Å². The zero-order chi connectivity index (χ0) is 15.2. The highest BCUT2D eigenvalue weighted by atomic mass is 16.5. The Kier molecular flexibility index (Phi) is 5.39. The second-order valence-corrected chi connectivity index (χ2v) is 5.55. The molecular weight excluding hydrogens is 262 g/mol. The third-order valence-electron chi connectivity index (χ3n) is 3.70. The van der Waals surface area contributed by atoms with Crippen LogP contribution in [0.1, 0.15) is 36.1 Å². The first kappa shape index (κ1) is 15.6. The second-order valence-electron chi connectivity index (χ2n) is 5.55. The number of nitrogens with one attached hydrogen (secondary N) is 1. The van der Waals surface area contributed by atoms with E-state index in [2.05, 4.69) is 42.6 Å². The predicted molar refractivity (Wildman–Crippen MR) is 85.7 cm³/mol. The van der Waals surface area contributed by atoms with Gasteiger partial charge in [-0.05, 0) is 44.9 Å². The summed E-state index contributed by atoms with van der Waals surface area (Å²) >= 11 is 0. The van der Waals surface area contributed by atoms with Crippen molar-refractivity contribution in [3.05, 3.63) is 47.3 Å². The maximum Gasteiger partial charge on any atom is 0.123 e. The number of methoxy groups -OCH3 is 1. The summed E-state index contributed by atoms with van der Waals surface area (Å²) in [5.74, 6) is 0.952. The first-order valence-electron chi connectivity index (χ1n) is 7.45. The molecule has 4 nitrogen and oxygen atoms in total. The van der Waals surface area contributed by atoms with Gasteiger partial charge in [-0.15, -0.1) is 0 Å². The lowest BCUT2D eigenvalue weighted by Gasteiger charge is -2.18. The van der Waals surface area contributed by atoms with Crippen LogP contribution < -0.4 is 10.1 Å². The molecule has 0 spiro atoms. The lowest BCUT2D eigenvalue weighted by atomic mass is 10.0. The van der Waals surface area contributed by atoms with Gasteiger partial charge in [0.1, 0.15) is 5.75 Å². The molecule has 0 saturated carbocycles. The van der Waals surface area contributed by atoms with Crippen LogP contribution in [-0.2, 0) is 13.5 Å². The number of benzene rings is 1. The van der Waals surface area contributed by atoms with E-state index in [1.807, 2.05) is 24.0 Å². The van der Waals surface area contributed by atoms with E-state index in [9.17, 15) is 0 Å². The summed E-state index contributed by atoms with van der Waals surface area (Å²) in [4.78, 5) is 0. The third-order valence-corrected chi connectivity index (χ3v) is 3.70. The van der Waals surface area contributed by atoms with Crippen LogP contribution in [0.4, 0.5) is 0 Å². The van der Waals surface area contributed by atoms with Crippen LogP contribution in [-0.4, -0.2) is 23.4 Å². The van der Waals surface area contributed by atoms with Crippen molar-refractivity contribution in [2.24, 2.45) is 7.05 Å². The fourth-order valence-corrected chi connectivity index (χ4v) is 2.51. The van der Waals surface area contributed by atoms with E-state index >= 15 is 0 Å². The fourth-order valence-electron chi connectivity index (χ4n) is 2.51. The lowest BCUT2D eigenvalue weighted by molar-refractivity contribution is 0.401. The van der Waals surface area contributed by atoms with Gasteiger partial charge in [0.05, 0.1) is 13.3 Å². The van der Waals surface area contributed by atoms with Crippen molar-refractivity contribution < 1.29 is 4.74 Å². The van der Waals surface area contributed by atoms with Crippen LogP contribution in [0.15, 0.2) is 30.6 Å². The molecule has 0 bridgehead atoms. The Labute approximate surface area is 127 Å². The van der Waals surface area contributed by atoms with Crippen molar-refractivity contribution >= 4 is 0 Å². The smallest absolute Gasteiger partial charge is 0.123 e. The standard InChI is InChI=1S/C17H25N3O/c1-13-7-8-17(21-4)16(10-13)14(2)18-9-5-6-15-11-19-20(3)12-15/h7-8,10-12,14,18H,5-6,9H2,1-4H3/t14-/m1/s1. The Morgan fingerprint density at radius 2 is 2.19 bits per heavy atom. The molecule has 0 aliphatic rings. The van der Waals surface area contributed by atoms with E-state index in [1.165, 1.54) is 16.7 Å². The molecule has 114 valence electrons. The SMILES string of the molecule is COc1ccc(C)cc1[C@@H](C)NCCCc1cnn(C)c1. The van der Waals surface area contributed by atoms with Gasteiger partial charge in [0.25, 0.3) is 0 Å². The molecule has 0 amide bonds. The first-order chi connectivity index (χ1) is 10.1. The maximum atomic E-state index is 5.45. The summed E-state index contributed by atoms with van der Waals surface area (Å²) in [6.45, 7) is 5.27. The summed E-state index contributed by atoms with van der Waals surface area (Å²) in [7, 11) is 3.68. The molecule has 0 aliphatic carbocycles. The molecule has 1 atom stereocenters. The van der Waals surface area contributed by atoms with Crippen LogP contribution in [0, 0.1) is 6.92 Å². The van der Waals surface area contributed by atoms with Crippen molar-refractivity contribution in [3.8, 4) is 5.75 Å². The third kappa shape index (κ3) is 4.33. The first-order valence-corrected chi connectivity index (χ1v) is 7.45. The van der Waals surface area contributed by atoms with E-state index < -0.39 is 0 Å². The van der Waals surface area contributed by atoms with Crippen molar-refractivity contribution in [2.75, 3.05) is 13.7 Å². The number of aromatic nitrogens is 2. The average molecular weight is 287 g/mol. The van der Waals surface area contributed by atoms with Gasteiger partial charge in [-0.2, -0.15) is 5.10 Å². The molecule has 1 aromatic carbocycles. The molecule has 2 aromatic rings. The molecule has 1 heterocycles. The Balaban J connectivity index is 1.84. The summed E-state index contributed by atoms with van der Waals surface area (Å²) in [5, 5.41) is 7.76. The molecule has 2 rings (SSSR count). The fraction of sp³-hybridized carbons (Fsp3) is 0.471. The van der Waals surface area contributed by atoms with E-state index in [-0.39, 0.29) is 6.04 Å². The van der Waals surface area contributed by atoms with Gasteiger partial charge < -0.3 is 10.1 Å². The van der Waals surface area contributed by atoms with Crippen LogP contribution in [0.5, 0.6) is 5.75 Å². The normalized spacial score (nSPS) is 12.4. The van der Waals surface area contributed by atoms with E-state index in [4.69, 9.17) is 4.74 Å². The number of hydrogen-bond acceptors (Lipinski definition) is 3. The summed E-state index contributed by atoms with van der Waals surface area (Å²) < 4.78 is 7.30. The Morgan fingerprint density at radius 1 is 1.38 bits per heavy atom. The van der Waals surface area contributed by atoms with Gasteiger partial charge in [-0.25, -0.2) is 0 Å². The molecule has 0 fully saturated rings. The van der Waals surface area contributed by atoms with Crippen molar-refractivity contribution in [2.45, 2.75) is 32.7 Å². The summed E-state index contributed by atoms with van der Waals surface area (Å²) in [5.41, 5.74) is 3.77. The largest absolute Gasteiger partial charge is 0.496 e. The number of nitrogens with zero attached hydrogens (tertiary/aromatic N) is 2. The van der Waals surface area contributed by atoms with Gasteiger partial charge in [0.15, 0.2) is 0 Å². The second kappa shape index (κ2) is 7.27. The molecule has 1 N–H and O–H groups in total. The zero-order valence-corrected chi connectivity index (χ0v) is 13.4. The van der Waals surface area contributed by atoms with Crippen molar-refractivity contribution in [1.29, 1.82) is 0 Å². The van der Waals surface area contributed by atoms with Crippen molar-refractivity contribution in [3.63, 3.8) is 0 Å². The highest BCUT2D eigenvalue weighted by molar-refractivity contribution is 5.38. The number of aryl methyl sites for hydroxylation is 3.